The van der Waals surface area contributed by atoms with Gasteiger partial charge in [0.25, 0.3) is 0 Å². The van der Waals surface area contributed by atoms with Gasteiger partial charge in [0.05, 0.1) is 10.2 Å². The van der Waals surface area contributed by atoms with Crippen molar-refractivity contribution in [2.45, 2.75) is 19.1 Å². The van der Waals surface area contributed by atoms with E-state index in [4.69, 9.17) is 26.1 Å². The van der Waals surface area contributed by atoms with Crippen LogP contribution >= 0.6 is 47.8 Å². The highest BCUT2D eigenvalue weighted by atomic mass is 35.5. The summed E-state index contributed by atoms with van der Waals surface area (Å²) in [5.74, 6) is 2.14. The Labute approximate surface area is 204 Å². The van der Waals surface area contributed by atoms with E-state index in [1.54, 1.807) is 11.3 Å². The van der Waals surface area contributed by atoms with E-state index >= 15 is 0 Å². The lowest BCUT2D eigenvalue weighted by molar-refractivity contribution is -0.0232. The van der Waals surface area contributed by atoms with E-state index in [1.807, 2.05) is 18.2 Å². The van der Waals surface area contributed by atoms with Crippen molar-refractivity contribution in [1.29, 1.82) is 0 Å². The summed E-state index contributed by atoms with van der Waals surface area (Å²) < 4.78 is 13.3. The SMILES string of the molecule is CN(CC1CCN(c2nc3ccccc3s2)CC1)C1COc2ccc(Cl)cc2O1.Cl.Cl. The number of halogens is 3. The number of para-hydroxylation sites is 1. The van der Waals surface area contributed by atoms with Crippen molar-refractivity contribution in [3.05, 3.63) is 47.5 Å². The van der Waals surface area contributed by atoms with Gasteiger partial charge < -0.3 is 14.4 Å². The van der Waals surface area contributed by atoms with E-state index in [2.05, 4.69) is 41.1 Å². The molecule has 1 unspecified atom stereocenters. The van der Waals surface area contributed by atoms with Gasteiger partial charge >= 0.3 is 0 Å². The predicted molar refractivity (Wildman–Crippen MR) is 133 cm³/mol. The third-order valence-electron chi connectivity index (χ3n) is 5.76. The minimum Gasteiger partial charge on any atom is -0.484 e. The first-order chi connectivity index (χ1) is 14.2. The van der Waals surface area contributed by atoms with Crippen molar-refractivity contribution in [3.63, 3.8) is 0 Å². The molecule has 31 heavy (non-hydrogen) atoms. The van der Waals surface area contributed by atoms with Crippen molar-refractivity contribution in [2.75, 3.05) is 38.2 Å². The third-order valence-corrected chi connectivity index (χ3v) is 7.09. The molecular weight excluding hydrogens is 477 g/mol. The van der Waals surface area contributed by atoms with Crippen LogP contribution < -0.4 is 14.4 Å². The second kappa shape index (κ2) is 10.5. The molecule has 0 bridgehead atoms. The van der Waals surface area contributed by atoms with Crippen LogP contribution in [0.25, 0.3) is 10.2 Å². The van der Waals surface area contributed by atoms with Crippen LogP contribution in [0.3, 0.4) is 0 Å². The summed E-state index contributed by atoms with van der Waals surface area (Å²) in [6.45, 7) is 3.64. The van der Waals surface area contributed by atoms with Crippen LogP contribution in [0.5, 0.6) is 11.5 Å². The van der Waals surface area contributed by atoms with Gasteiger partial charge in [-0.25, -0.2) is 4.98 Å². The molecule has 0 amide bonds. The van der Waals surface area contributed by atoms with Gasteiger partial charge in [0.15, 0.2) is 22.9 Å². The number of nitrogens with zero attached hydrogens (tertiary/aromatic N) is 3. The van der Waals surface area contributed by atoms with Crippen LogP contribution in [0.4, 0.5) is 5.13 Å². The molecule has 2 aromatic carbocycles. The number of hydrogen-bond acceptors (Lipinski definition) is 6. The van der Waals surface area contributed by atoms with Crippen LogP contribution in [0.2, 0.25) is 5.02 Å². The van der Waals surface area contributed by atoms with Crippen molar-refractivity contribution in [3.8, 4) is 11.5 Å². The molecule has 0 aliphatic carbocycles. The monoisotopic (exact) mass is 501 g/mol. The molecular formula is C22H26Cl3N3O2S. The molecule has 9 heteroatoms. The lowest BCUT2D eigenvalue weighted by atomic mass is 9.96. The van der Waals surface area contributed by atoms with E-state index < -0.39 is 0 Å². The number of hydrogen-bond donors (Lipinski definition) is 0. The highest BCUT2D eigenvalue weighted by molar-refractivity contribution is 7.22. The van der Waals surface area contributed by atoms with Crippen LogP contribution in [-0.2, 0) is 0 Å². The number of piperidine rings is 1. The Balaban J connectivity index is 0.00000136. The summed E-state index contributed by atoms with van der Waals surface area (Å²) in [5, 5.41) is 1.81. The Morgan fingerprint density at radius 2 is 1.90 bits per heavy atom. The van der Waals surface area contributed by atoms with Gasteiger partial charge in [0.1, 0.15) is 6.61 Å². The van der Waals surface area contributed by atoms with Gasteiger partial charge in [0.2, 0.25) is 0 Å². The Kier molecular flexibility index (Phi) is 8.16. The molecule has 5 nitrogen and oxygen atoms in total. The summed E-state index contributed by atoms with van der Waals surface area (Å²) >= 11 is 7.88. The fourth-order valence-electron chi connectivity index (χ4n) is 4.08. The van der Waals surface area contributed by atoms with E-state index in [1.165, 1.54) is 4.70 Å². The fourth-order valence-corrected chi connectivity index (χ4v) is 5.26. The van der Waals surface area contributed by atoms with Gasteiger partial charge in [-0.2, -0.15) is 0 Å². The maximum Gasteiger partial charge on any atom is 0.186 e. The molecule has 1 saturated heterocycles. The van der Waals surface area contributed by atoms with Gasteiger partial charge in [-0.1, -0.05) is 35.1 Å². The molecule has 1 aromatic heterocycles. The number of fused-ring (bicyclic) bond motifs is 2. The Hall–Kier alpha value is -1.44. The smallest absolute Gasteiger partial charge is 0.186 e. The second-order valence-electron chi connectivity index (χ2n) is 7.81. The molecule has 0 saturated carbocycles. The topological polar surface area (TPSA) is 37.8 Å². The summed E-state index contributed by atoms with van der Waals surface area (Å²) in [7, 11) is 2.11. The zero-order valence-electron chi connectivity index (χ0n) is 17.2. The first-order valence-electron chi connectivity index (χ1n) is 10.1. The first kappa shape index (κ1) is 24.2. The fraction of sp³-hybridized carbons (Fsp3) is 0.409. The minimum absolute atomic E-state index is 0. The zero-order valence-corrected chi connectivity index (χ0v) is 20.4. The summed E-state index contributed by atoms with van der Waals surface area (Å²) in [6.07, 6.45) is 2.25. The largest absolute Gasteiger partial charge is 0.484 e. The highest BCUT2D eigenvalue weighted by Gasteiger charge is 2.28. The average molecular weight is 503 g/mol. The molecule has 1 atom stereocenters. The molecule has 0 N–H and O–H groups in total. The molecule has 2 aliphatic rings. The molecule has 5 rings (SSSR count). The Morgan fingerprint density at radius 1 is 1.13 bits per heavy atom. The van der Waals surface area contributed by atoms with Crippen LogP contribution in [0, 0.1) is 5.92 Å². The third kappa shape index (κ3) is 5.32. The number of ether oxygens (including phenoxy) is 2. The van der Waals surface area contributed by atoms with Crippen molar-refractivity contribution in [1.82, 2.24) is 9.88 Å². The molecule has 0 radical (unpaired) electrons. The van der Waals surface area contributed by atoms with Gasteiger partial charge in [-0.3, -0.25) is 4.90 Å². The Bertz CT molecular complexity index is 978. The number of benzene rings is 2. The van der Waals surface area contributed by atoms with Crippen molar-refractivity contribution in [2.24, 2.45) is 5.92 Å². The number of aromatic nitrogens is 1. The summed E-state index contributed by atoms with van der Waals surface area (Å²) in [5.41, 5.74) is 1.10. The van der Waals surface area contributed by atoms with Crippen molar-refractivity contribution >= 4 is 63.1 Å². The number of thiazole rings is 1. The second-order valence-corrected chi connectivity index (χ2v) is 9.25. The van der Waals surface area contributed by atoms with Gasteiger partial charge in [0, 0.05) is 30.7 Å². The lowest BCUT2D eigenvalue weighted by Crippen LogP contribution is -2.46. The number of likely N-dealkylation sites (N-methyl/N-ethyl adjacent to an activating group) is 1. The van der Waals surface area contributed by atoms with E-state index in [9.17, 15) is 0 Å². The predicted octanol–water partition coefficient (Wildman–Crippen LogP) is 5.74. The van der Waals surface area contributed by atoms with E-state index in [0.717, 1.165) is 54.6 Å². The summed E-state index contributed by atoms with van der Waals surface area (Å²) in [6, 6.07) is 13.9. The quantitative estimate of drug-likeness (QED) is 0.455. The van der Waals surface area contributed by atoms with E-state index in [-0.39, 0.29) is 31.0 Å². The van der Waals surface area contributed by atoms with Gasteiger partial charge in [-0.05, 0) is 50.1 Å². The molecule has 3 aromatic rings. The normalized spacial score (nSPS) is 18.5. The lowest BCUT2D eigenvalue weighted by Gasteiger charge is -2.37. The highest BCUT2D eigenvalue weighted by Crippen LogP contribution is 2.35. The minimum atomic E-state index is -0.0803. The molecule has 168 valence electrons. The maximum absolute atomic E-state index is 6.14. The van der Waals surface area contributed by atoms with Crippen LogP contribution in [-0.4, -0.2) is 49.4 Å². The molecule has 2 aliphatic heterocycles. The molecule has 0 spiro atoms. The maximum atomic E-state index is 6.14. The number of rotatable bonds is 4. The molecule has 3 heterocycles. The average Bonchev–Trinajstić information content (AvgIpc) is 3.18. The Morgan fingerprint density at radius 3 is 2.68 bits per heavy atom. The number of anilines is 1. The van der Waals surface area contributed by atoms with Crippen LogP contribution in [0.1, 0.15) is 12.8 Å². The van der Waals surface area contributed by atoms with E-state index in [0.29, 0.717) is 17.5 Å². The van der Waals surface area contributed by atoms with Crippen LogP contribution in [0.15, 0.2) is 42.5 Å². The van der Waals surface area contributed by atoms with Gasteiger partial charge in [-0.15, -0.1) is 24.8 Å². The summed E-state index contributed by atoms with van der Waals surface area (Å²) in [4.78, 5) is 9.51. The zero-order chi connectivity index (χ0) is 19.8. The molecule has 1 fully saturated rings. The standard InChI is InChI=1S/C22H24ClN3O2S.2ClH/c1-25(21-14-27-18-7-6-16(23)12-19(18)28-21)13-15-8-10-26(11-9-15)22-24-17-4-2-3-5-20(17)29-22;;/h2-7,12,15,21H,8-11,13-14H2,1H3;2*1H. The first-order valence-corrected chi connectivity index (χ1v) is 11.2. The van der Waals surface area contributed by atoms with Crippen molar-refractivity contribution < 1.29 is 9.47 Å².